The molecule has 0 amide bonds. The second kappa shape index (κ2) is 3.96. The highest BCUT2D eigenvalue weighted by molar-refractivity contribution is 5.28. The monoisotopic (exact) mass is 197 g/mol. The molecule has 1 aromatic rings. The van der Waals surface area contributed by atoms with Gasteiger partial charge in [-0.25, -0.2) is 4.39 Å². The van der Waals surface area contributed by atoms with Gasteiger partial charge in [-0.05, 0) is 32.4 Å². The molecule has 0 aliphatic heterocycles. The van der Waals surface area contributed by atoms with Crippen LogP contribution < -0.4 is 10.5 Å². The van der Waals surface area contributed by atoms with Crippen molar-refractivity contribution in [1.82, 2.24) is 0 Å². The van der Waals surface area contributed by atoms with E-state index in [2.05, 4.69) is 0 Å². The summed E-state index contributed by atoms with van der Waals surface area (Å²) in [6.45, 7) is 5.84. The van der Waals surface area contributed by atoms with Crippen molar-refractivity contribution in [2.24, 2.45) is 5.73 Å². The van der Waals surface area contributed by atoms with Gasteiger partial charge in [0.05, 0.1) is 0 Å². The summed E-state index contributed by atoms with van der Waals surface area (Å²) in [4.78, 5) is 0. The average Bonchev–Trinajstić information content (AvgIpc) is 2.11. The molecular formula is C11H16FNO. The van der Waals surface area contributed by atoms with E-state index < -0.39 is 5.60 Å². The number of hydrogen-bond donors (Lipinski definition) is 1. The summed E-state index contributed by atoms with van der Waals surface area (Å²) in [5.74, 6) is 0.263. The molecule has 0 unspecified atom stereocenters. The third-order valence-corrected chi connectivity index (χ3v) is 2.03. The smallest absolute Gasteiger partial charge is 0.129 e. The molecule has 0 saturated carbocycles. The summed E-state index contributed by atoms with van der Waals surface area (Å²) in [7, 11) is 0. The zero-order valence-electron chi connectivity index (χ0n) is 8.80. The highest BCUT2D eigenvalue weighted by atomic mass is 19.1. The van der Waals surface area contributed by atoms with Crippen molar-refractivity contribution in [3.05, 3.63) is 29.6 Å². The molecule has 1 rings (SSSR count). The fourth-order valence-electron chi connectivity index (χ4n) is 0.998. The Bertz CT molecular complexity index is 323. The van der Waals surface area contributed by atoms with Crippen LogP contribution in [0, 0.1) is 12.7 Å². The van der Waals surface area contributed by atoms with Crippen molar-refractivity contribution in [2.45, 2.75) is 26.4 Å². The van der Waals surface area contributed by atoms with E-state index >= 15 is 0 Å². The van der Waals surface area contributed by atoms with E-state index in [9.17, 15) is 4.39 Å². The predicted molar refractivity (Wildman–Crippen MR) is 54.9 cm³/mol. The van der Waals surface area contributed by atoms with E-state index in [1.807, 2.05) is 13.8 Å². The zero-order valence-corrected chi connectivity index (χ0v) is 8.80. The molecule has 2 N–H and O–H groups in total. The molecule has 0 spiro atoms. The molecule has 0 saturated heterocycles. The second-order valence-corrected chi connectivity index (χ2v) is 3.98. The summed E-state index contributed by atoms with van der Waals surface area (Å²) < 4.78 is 18.7. The highest BCUT2D eigenvalue weighted by Crippen LogP contribution is 2.20. The molecule has 0 aliphatic carbocycles. The van der Waals surface area contributed by atoms with E-state index in [0.717, 1.165) is 0 Å². The lowest BCUT2D eigenvalue weighted by Crippen LogP contribution is -2.37. The van der Waals surface area contributed by atoms with Gasteiger partial charge < -0.3 is 10.5 Å². The normalized spacial score (nSPS) is 11.5. The summed E-state index contributed by atoms with van der Waals surface area (Å²) in [5.41, 5.74) is 5.66. The number of halogens is 1. The summed E-state index contributed by atoms with van der Waals surface area (Å²) in [6.07, 6.45) is 0. The summed E-state index contributed by atoms with van der Waals surface area (Å²) >= 11 is 0. The minimum Gasteiger partial charge on any atom is -0.486 e. The topological polar surface area (TPSA) is 35.2 Å². The van der Waals surface area contributed by atoms with Gasteiger partial charge in [0.1, 0.15) is 17.2 Å². The number of hydrogen-bond acceptors (Lipinski definition) is 2. The van der Waals surface area contributed by atoms with Crippen molar-refractivity contribution in [2.75, 3.05) is 6.54 Å². The summed E-state index contributed by atoms with van der Waals surface area (Å²) in [6, 6.07) is 4.82. The largest absolute Gasteiger partial charge is 0.486 e. The predicted octanol–water partition coefficient (Wildman–Crippen LogP) is 2.25. The van der Waals surface area contributed by atoms with E-state index in [1.165, 1.54) is 6.07 Å². The van der Waals surface area contributed by atoms with Gasteiger partial charge in [-0.2, -0.15) is 0 Å². The maximum absolute atomic E-state index is 13.1. The summed E-state index contributed by atoms with van der Waals surface area (Å²) in [5, 5.41) is 0. The van der Waals surface area contributed by atoms with Crippen LogP contribution in [0.25, 0.3) is 0 Å². The van der Waals surface area contributed by atoms with Crippen LogP contribution in [-0.4, -0.2) is 12.1 Å². The van der Waals surface area contributed by atoms with Gasteiger partial charge in [0.2, 0.25) is 0 Å². The molecule has 0 aromatic heterocycles. The van der Waals surface area contributed by atoms with Crippen molar-refractivity contribution < 1.29 is 9.13 Å². The first-order valence-electron chi connectivity index (χ1n) is 4.60. The first-order valence-corrected chi connectivity index (χ1v) is 4.60. The van der Waals surface area contributed by atoms with Crippen LogP contribution in [0.5, 0.6) is 5.75 Å². The van der Waals surface area contributed by atoms with Crippen LogP contribution in [0.4, 0.5) is 4.39 Å². The zero-order chi connectivity index (χ0) is 10.8. The molecule has 2 nitrogen and oxygen atoms in total. The first kappa shape index (κ1) is 11.0. The molecular weight excluding hydrogens is 181 g/mol. The Morgan fingerprint density at radius 1 is 1.43 bits per heavy atom. The lowest BCUT2D eigenvalue weighted by molar-refractivity contribution is 0.118. The van der Waals surface area contributed by atoms with E-state index in [0.29, 0.717) is 17.9 Å². The third-order valence-electron chi connectivity index (χ3n) is 2.03. The second-order valence-electron chi connectivity index (χ2n) is 3.98. The fraction of sp³-hybridized carbons (Fsp3) is 0.455. The van der Waals surface area contributed by atoms with Crippen LogP contribution in [0.3, 0.4) is 0 Å². The molecule has 0 fully saturated rings. The minimum absolute atomic E-state index is 0.254. The molecule has 14 heavy (non-hydrogen) atoms. The molecule has 78 valence electrons. The van der Waals surface area contributed by atoms with Crippen LogP contribution >= 0.6 is 0 Å². The van der Waals surface area contributed by atoms with Gasteiger partial charge in [-0.1, -0.05) is 6.07 Å². The Kier molecular flexibility index (Phi) is 3.11. The van der Waals surface area contributed by atoms with Crippen LogP contribution in [0.1, 0.15) is 19.4 Å². The van der Waals surface area contributed by atoms with Crippen LogP contribution in [0.2, 0.25) is 0 Å². The van der Waals surface area contributed by atoms with E-state index in [4.69, 9.17) is 10.5 Å². The maximum Gasteiger partial charge on any atom is 0.129 e. The standard InChI is InChI=1S/C11H16FNO/c1-8-4-5-9(6-10(8)12)14-11(2,3)7-13/h4-6H,7,13H2,1-3H3. The molecule has 3 heteroatoms. The molecule has 0 bridgehead atoms. The molecule has 1 aromatic carbocycles. The van der Waals surface area contributed by atoms with Crippen LogP contribution in [-0.2, 0) is 0 Å². The van der Waals surface area contributed by atoms with E-state index in [1.54, 1.807) is 19.1 Å². The Balaban J connectivity index is 2.83. The molecule has 0 radical (unpaired) electrons. The first-order chi connectivity index (χ1) is 6.44. The van der Waals surface area contributed by atoms with Gasteiger partial charge in [-0.15, -0.1) is 0 Å². The van der Waals surface area contributed by atoms with Crippen molar-refractivity contribution in [1.29, 1.82) is 0 Å². The van der Waals surface area contributed by atoms with Gasteiger partial charge in [0, 0.05) is 12.6 Å². The Labute approximate surface area is 83.9 Å². The quantitative estimate of drug-likeness (QED) is 0.806. The van der Waals surface area contributed by atoms with Gasteiger partial charge >= 0.3 is 0 Å². The van der Waals surface area contributed by atoms with Gasteiger partial charge in [0.15, 0.2) is 0 Å². The lowest BCUT2D eigenvalue weighted by Gasteiger charge is -2.24. The molecule has 0 atom stereocenters. The minimum atomic E-state index is -0.457. The Hall–Kier alpha value is -1.09. The van der Waals surface area contributed by atoms with Crippen molar-refractivity contribution in [3.8, 4) is 5.75 Å². The fourth-order valence-corrected chi connectivity index (χ4v) is 0.998. The van der Waals surface area contributed by atoms with Gasteiger partial charge in [-0.3, -0.25) is 0 Å². The maximum atomic E-state index is 13.1. The number of ether oxygens (including phenoxy) is 1. The SMILES string of the molecule is Cc1ccc(OC(C)(C)CN)cc1F. The average molecular weight is 197 g/mol. The number of benzene rings is 1. The third kappa shape index (κ3) is 2.70. The van der Waals surface area contributed by atoms with Gasteiger partial charge in [0.25, 0.3) is 0 Å². The number of aryl methyl sites for hydroxylation is 1. The lowest BCUT2D eigenvalue weighted by atomic mass is 10.1. The highest BCUT2D eigenvalue weighted by Gasteiger charge is 2.17. The van der Waals surface area contributed by atoms with Crippen molar-refractivity contribution >= 4 is 0 Å². The van der Waals surface area contributed by atoms with Crippen molar-refractivity contribution in [3.63, 3.8) is 0 Å². The number of rotatable bonds is 3. The number of nitrogens with two attached hydrogens (primary N) is 1. The molecule has 0 aliphatic rings. The van der Waals surface area contributed by atoms with E-state index in [-0.39, 0.29) is 5.82 Å². The van der Waals surface area contributed by atoms with Crippen LogP contribution in [0.15, 0.2) is 18.2 Å². The molecule has 0 heterocycles. The Morgan fingerprint density at radius 3 is 2.57 bits per heavy atom. The Morgan fingerprint density at radius 2 is 2.07 bits per heavy atom.